The monoisotopic (exact) mass is 288 g/mol. The summed E-state index contributed by atoms with van der Waals surface area (Å²) < 4.78 is 43.8. The van der Waals surface area contributed by atoms with Gasteiger partial charge in [-0.2, -0.15) is 13.2 Å². The Kier molecular flexibility index (Phi) is 4.39. The van der Waals surface area contributed by atoms with E-state index in [0.29, 0.717) is 25.0 Å². The second-order valence-corrected chi connectivity index (χ2v) is 5.35. The van der Waals surface area contributed by atoms with Crippen molar-refractivity contribution in [2.75, 3.05) is 6.61 Å². The van der Waals surface area contributed by atoms with Crippen LogP contribution < -0.4 is 0 Å². The molecule has 0 spiro atoms. The zero-order chi connectivity index (χ0) is 14.8. The highest BCUT2D eigenvalue weighted by Crippen LogP contribution is 2.38. The molecule has 0 aliphatic carbocycles. The molecule has 112 valence electrons. The van der Waals surface area contributed by atoms with E-state index in [1.807, 2.05) is 6.92 Å². The Bertz CT molecular complexity index is 457. The maximum atomic E-state index is 12.8. The molecule has 0 aromatic heterocycles. The SMILES string of the molecule is CCCC1CC(O)(c2cccc(C(F)(F)F)c2)CCO1. The summed E-state index contributed by atoms with van der Waals surface area (Å²) >= 11 is 0. The highest BCUT2D eigenvalue weighted by Gasteiger charge is 2.38. The zero-order valence-electron chi connectivity index (χ0n) is 11.4. The first-order chi connectivity index (χ1) is 9.35. The average molecular weight is 288 g/mol. The minimum absolute atomic E-state index is 0.0895. The van der Waals surface area contributed by atoms with Crippen molar-refractivity contribution >= 4 is 0 Å². The summed E-state index contributed by atoms with van der Waals surface area (Å²) in [7, 11) is 0. The molecular formula is C15H19F3O2. The van der Waals surface area contributed by atoms with Crippen LogP contribution in [0.2, 0.25) is 0 Å². The van der Waals surface area contributed by atoms with Gasteiger partial charge in [0.1, 0.15) is 0 Å². The average Bonchev–Trinajstić information content (AvgIpc) is 2.38. The fourth-order valence-corrected chi connectivity index (χ4v) is 2.69. The van der Waals surface area contributed by atoms with E-state index >= 15 is 0 Å². The van der Waals surface area contributed by atoms with Crippen molar-refractivity contribution in [3.05, 3.63) is 35.4 Å². The van der Waals surface area contributed by atoms with Gasteiger partial charge in [0.05, 0.1) is 23.9 Å². The first-order valence-corrected chi connectivity index (χ1v) is 6.87. The molecule has 1 heterocycles. The molecule has 20 heavy (non-hydrogen) atoms. The van der Waals surface area contributed by atoms with Crippen molar-refractivity contribution in [1.29, 1.82) is 0 Å². The molecule has 1 saturated heterocycles. The summed E-state index contributed by atoms with van der Waals surface area (Å²) in [6.07, 6.45) is -2.07. The van der Waals surface area contributed by atoms with Gasteiger partial charge in [0.2, 0.25) is 0 Å². The zero-order valence-corrected chi connectivity index (χ0v) is 11.4. The lowest BCUT2D eigenvalue weighted by Gasteiger charge is -2.37. The van der Waals surface area contributed by atoms with E-state index in [9.17, 15) is 18.3 Å². The Hall–Kier alpha value is -1.07. The van der Waals surface area contributed by atoms with E-state index in [4.69, 9.17) is 4.74 Å². The van der Waals surface area contributed by atoms with Gasteiger partial charge in [0, 0.05) is 12.8 Å². The topological polar surface area (TPSA) is 29.5 Å². The van der Waals surface area contributed by atoms with Gasteiger partial charge in [-0.05, 0) is 24.1 Å². The third-order valence-corrected chi connectivity index (χ3v) is 3.77. The van der Waals surface area contributed by atoms with Crippen LogP contribution in [0.5, 0.6) is 0 Å². The molecular weight excluding hydrogens is 269 g/mol. The lowest BCUT2D eigenvalue weighted by atomic mass is 9.82. The maximum absolute atomic E-state index is 12.8. The summed E-state index contributed by atoms with van der Waals surface area (Å²) in [5, 5.41) is 10.7. The van der Waals surface area contributed by atoms with Gasteiger partial charge >= 0.3 is 6.18 Å². The number of alkyl halides is 3. The Balaban J connectivity index is 2.25. The summed E-state index contributed by atoms with van der Waals surface area (Å²) in [5.41, 5.74) is -1.61. The van der Waals surface area contributed by atoms with Crippen LogP contribution in [0.3, 0.4) is 0 Å². The van der Waals surface area contributed by atoms with E-state index in [1.165, 1.54) is 6.07 Å². The fraction of sp³-hybridized carbons (Fsp3) is 0.600. The molecule has 2 nitrogen and oxygen atoms in total. The standard InChI is InChI=1S/C15H19F3O2/c1-2-4-13-10-14(19,7-8-20-13)11-5-3-6-12(9-11)15(16,17)18/h3,5-6,9,13,19H,2,4,7-8,10H2,1H3. The van der Waals surface area contributed by atoms with Crippen LogP contribution in [0.1, 0.15) is 43.7 Å². The molecule has 0 saturated carbocycles. The number of aliphatic hydroxyl groups is 1. The molecule has 1 aliphatic rings. The highest BCUT2D eigenvalue weighted by atomic mass is 19.4. The first kappa shape index (κ1) is 15.3. The van der Waals surface area contributed by atoms with Gasteiger partial charge in [0.15, 0.2) is 0 Å². The van der Waals surface area contributed by atoms with Crippen molar-refractivity contribution < 1.29 is 23.0 Å². The number of ether oxygens (including phenoxy) is 1. The van der Waals surface area contributed by atoms with Gasteiger partial charge in [-0.1, -0.05) is 25.5 Å². The molecule has 0 bridgehead atoms. The number of hydrogen-bond donors (Lipinski definition) is 1. The van der Waals surface area contributed by atoms with E-state index in [1.54, 1.807) is 6.07 Å². The summed E-state index contributed by atoms with van der Waals surface area (Å²) in [5.74, 6) is 0. The van der Waals surface area contributed by atoms with Gasteiger partial charge < -0.3 is 9.84 Å². The molecule has 0 amide bonds. The Morgan fingerprint density at radius 1 is 1.40 bits per heavy atom. The Morgan fingerprint density at radius 3 is 2.80 bits per heavy atom. The van der Waals surface area contributed by atoms with Crippen molar-refractivity contribution in [1.82, 2.24) is 0 Å². The van der Waals surface area contributed by atoms with E-state index in [0.717, 1.165) is 25.0 Å². The number of halogens is 3. The predicted octanol–water partition coefficient (Wildman–Crippen LogP) is 3.87. The molecule has 1 N–H and O–H groups in total. The summed E-state index contributed by atoms with van der Waals surface area (Å²) in [6.45, 7) is 2.39. The van der Waals surface area contributed by atoms with E-state index in [2.05, 4.69) is 0 Å². The molecule has 1 aromatic rings. The normalized spacial score (nSPS) is 27.6. The minimum atomic E-state index is -4.39. The van der Waals surface area contributed by atoms with Crippen LogP contribution in [0.15, 0.2) is 24.3 Å². The van der Waals surface area contributed by atoms with Crippen LogP contribution in [-0.4, -0.2) is 17.8 Å². The molecule has 1 aromatic carbocycles. The molecule has 2 unspecified atom stereocenters. The van der Waals surface area contributed by atoms with Crippen LogP contribution in [-0.2, 0) is 16.5 Å². The van der Waals surface area contributed by atoms with Gasteiger partial charge in [-0.25, -0.2) is 0 Å². The molecule has 0 radical (unpaired) electrons. The van der Waals surface area contributed by atoms with Crippen molar-refractivity contribution in [2.24, 2.45) is 0 Å². The first-order valence-electron chi connectivity index (χ1n) is 6.87. The third-order valence-electron chi connectivity index (χ3n) is 3.77. The maximum Gasteiger partial charge on any atom is 0.416 e. The quantitative estimate of drug-likeness (QED) is 0.915. The molecule has 1 aliphatic heterocycles. The predicted molar refractivity (Wildman–Crippen MR) is 69.2 cm³/mol. The van der Waals surface area contributed by atoms with Crippen molar-refractivity contribution in [3.8, 4) is 0 Å². The van der Waals surface area contributed by atoms with Crippen molar-refractivity contribution in [2.45, 2.75) is 50.5 Å². The Morgan fingerprint density at radius 2 is 2.15 bits per heavy atom. The van der Waals surface area contributed by atoms with Gasteiger partial charge in [0.25, 0.3) is 0 Å². The largest absolute Gasteiger partial charge is 0.416 e. The number of hydrogen-bond acceptors (Lipinski definition) is 2. The Labute approximate surface area is 116 Å². The van der Waals surface area contributed by atoms with Gasteiger partial charge in [-0.3, -0.25) is 0 Å². The molecule has 5 heteroatoms. The minimum Gasteiger partial charge on any atom is -0.385 e. The van der Waals surface area contributed by atoms with Crippen LogP contribution >= 0.6 is 0 Å². The lowest BCUT2D eigenvalue weighted by molar-refractivity contribution is -0.138. The molecule has 2 rings (SSSR count). The third kappa shape index (κ3) is 3.33. The van der Waals surface area contributed by atoms with Crippen LogP contribution in [0.4, 0.5) is 13.2 Å². The van der Waals surface area contributed by atoms with E-state index in [-0.39, 0.29) is 6.10 Å². The van der Waals surface area contributed by atoms with Crippen LogP contribution in [0, 0.1) is 0 Å². The second-order valence-electron chi connectivity index (χ2n) is 5.35. The molecule has 1 fully saturated rings. The molecule has 2 atom stereocenters. The number of benzene rings is 1. The second kappa shape index (κ2) is 5.74. The fourth-order valence-electron chi connectivity index (χ4n) is 2.69. The number of rotatable bonds is 3. The van der Waals surface area contributed by atoms with Gasteiger partial charge in [-0.15, -0.1) is 0 Å². The smallest absolute Gasteiger partial charge is 0.385 e. The summed E-state index contributed by atoms with van der Waals surface area (Å²) in [4.78, 5) is 0. The van der Waals surface area contributed by atoms with E-state index < -0.39 is 17.3 Å². The summed E-state index contributed by atoms with van der Waals surface area (Å²) in [6, 6.07) is 4.98. The van der Waals surface area contributed by atoms with Crippen LogP contribution in [0.25, 0.3) is 0 Å². The highest BCUT2D eigenvalue weighted by molar-refractivity contribution is 5.30. The van der Waals surface area contributed by atoms with Crippen molar-refractivity contribution in [3.63, 3.8) is 0 Å². The lowest BCUT2D eigenvalue weighted by Crippen LogP contribution is -2.38.